The molecule has 2 atom stereocenters. The van der Waals surface area contributed by atoms with Crippen LogP contribution in [-0.2, 0) is 29.6 Å². The first kappa shape index (κ1) is 28.0. The van der Waals surface area contributed by atoms with E-state index in [1.54, 1.807) is 37.0 Å². The molecule has 6 rings (SSSR count). The molecule has 12 heteroatoms. The number of fused-ring (bicyclic) bond motifs is 3. The van der Waals surface area contributed by atoms with E-state index in [-0.39, 0.29) is 6.61 Å². The van der Waals surface area contributed by atoms with Crippen LogP contribution in [0.1, 0.15) is 30.4 Å². The molecule has 1 fully saturated rings. The fraction of sp³-hybridized carbons (Fsp3) is 0.367. The molecule has 2 unspecified atom stereocenters. The van der Waals surface area contributed by atoms with Gasteiger partial charge in [0, 0.05) is 54.2 Å². The quantitative estimate of drug-likeness (QED) is 0.235. The Morgan fingerprint density at radius 1 is 1.05 bits per heavy atom. The predicted octanol–water partition coefficient (Wildman–Crippen LogP) is 3.90. The van der Waals surface area contributed by atoms with E-state index in [9.17, 15) is 9.35 Å². The molecule has 1 amide bonds. The molecule has 2 aromatic carbocycles. The first-order valence-corrected chi connectivity index (χ1v) is 14.9. The van der Waals surface area contributed by atoms with Crippen molar-refractivity contribution < 1.29 is 28.3 Å². The number of amides is 1. The molecule has 0 bridgehead atoms. The van der Waals surface area contributed by atoms with Gasteiger partial charge in [0.2, 0.25) is 6.41 Å². The second-order valence-corrected chi connectivity index (χ2v) is 12.5. The minimum absolute atomic E-state index is 0.204. The molecular weight excluding hydrogens is 558 g/mol. The molecule has 4 heterocycles. The molecule has 0 saturated carbocycles. The zero-order chi connectivity index (χ0) is 29.8. The molecule has 2 aliphatic rings. The van der Waals surface area contributed by atoms with Crippen molar-refractivity contribution in [1.82, 2.24) is 24.5 Å². The summed E-state index contributed by atoms with van der Waals surface area (Å²) in [4.78, 5) is 13.8. The van der Waals surface area contributed by atoms with Gasteiger partial charge in [-0.2, -0.15) is 10.2 Å². The highest BCUT2D eigenvalue weighted by Gasteiger charge is 2.51. The molecule has 1 saturated heterocycles. The molecule has 11 nitrogen and oxygen atoms in total. The van der Waals surface area contributed by atoms with E-state index in [2.05, 4.69) is 5.10 Å². The molecule has 42 heavy (non-hydrogen) atoms. The fourth-order valence-corrected chi connectivity index (χ4v) is 7.69. The van der Waals surface area contributed by atoms with Gasteiger partial charge in [-0.1, -0.05) is 0 Å². The third-order valence-corrected chi connectivity index (χ3v) is 9.98. The predicted molar refractivity (Wildman–Crippen MR) is 158 cm³/mol. The maximum absolute atomic E-state index is 13.7. The summed E-state index contributed by atoms with van der Waals surface area (Å²) in [7, 11) is 6.67. The topological polar surface area (TPSA) is 116 Å². The van der Waals surface area contributed by atoms with Gasteiger partial charge in [-0.15, -0.1) is 0 Å². The van der Waals surface area contributed by atoms with Gasteiger partial charge in [-0.3, -0.25) is 9.48 Å². The zero-order valence-corrected chi connectivity index (χ0v) is 25.2. The Labute approximate surface area is 247 Å². The summed E-state index contributed by atoms with van der Waals surface area (Å²) in [6.07, 6.45) is 2.71. The number of hydrogen-bond donors (Lipinski definition) is 0. The SMILES string of the molecule is COc1cc(OC)cc(-n2nc(C3[S+]([O-])CCN(C=O)C3(C)C)c3c2-c2cc(-c4ccn(C)n4)c(OC)cc2OC3)c1. The van der Waals surface area contributed by atoms with Crippen LogP contribution in [0.25, 0.3) is 28.2 Å². The first-order valence-electron chi connectivity index (χ1n) is 13.5. The number of carbonyl (C=O) groups is 1. The van der Waals surface area contributed by atoms with Crippen molar-refractivity contribution in [2.24, 2.45) is 7.05 Å². The van der Waals surface area contributed by atoms with Crippen LogP contribution in [0.5, 0.6) is 23.0 Å². The molecule has 2 aliphatic heterocycles. The zero-order valence-electron chi connectivity index (χ0n) is 24.4. The number of benzene rings is 2. The lowest BCUT2D eigenvalue weighted by Crippen LogP contribution is -2.56. The summed E-state index contributed by atoms with van der Waals surface area (Å²) in [6, 6.07) is 11.3. The normalized spacial score (nSPS) is 19.0. The van der Waals surface area contributed by atoms with Crippen molar-refractivity contribution in [3.63, 3.8) is 0 Å². The Kier molecular flexibility index (Phi) is 7.06. The van der Waals surface area contributed by atoms with Gasteiger partial charge in [0.05, 0.1) is 50.5 Å². The first-order chi connectivity index (χ1) is 20.2. The Bertz CT molecular complexity index is 1640. The summed E-state index contributed by atoms with van der Waals surface area (Å²) in [5.41, 5.74) is 4.49. The molecule has 2 aromatic heterocycles. The second kappa shape index (κ2) is 10.6. The highest BCUT2D eigenvalue weighted by atomic mass is 32.2. The summed E-state index contributed by atoms with van der Waals surface area (Å²) in [6.45, 7) is 4.49. The average molecular weight is 592 g/mol. The summed E-state index contributed by atoms with van der Waals surface area (Å²) >= 11 is -1.28. The van der Waals surface area contributed by atoms with Crippen LogP contribution in [0, 0.1) is 0 Å². The van der Waals surface area contributed by atoms with Crippen LogP contribution in [0.4, 0.5) is 0 Å². The third kappa shape index (κ3) is 4.45. The summed E-state index contributed by atoms with van der Waals surface area (Å²) < 4.78 is 40.5. The Balaban J connectivity index is 1.64. The highest BCUT2D eigenvalue weighted by molar-refractivity contribution is 7.91. The van der Waals surface area contributed by atoms with E-state index in [0.717, 1.165) is 34.5 Å². The number of carbonyl (C=O) groups excluding carboxylic acids is 1. The number of nitrogens with zero attached hydrogens (tertiary/aromatic N) is 5. The minimum Gasteiger partial charge on any atom is -0.616 e. The second-order valence-electron chi connectivity index (χ2n) is 10.8. The van der Waals surface area contributed by atoms with Crippen LogP contribution in [-0.4, -0.2) is 74.6 Å². The van der Waals surface area contributed by atoms with Gasteiger partial charge in [0.15, 0.2) is 5.25 Å². The van der Waals surface area contributed by atoms with Crippen LogP contribution in [0.3, 0.4) is 0 Å². The monoisotopic (exact) mass is 591 g/mol. The molecule has 0 aliphatic carbocycles. The van der Waals surface area contributed by atoms with Crippen molar-refractivity contribution in [3.8, 4) is 51.2 Å². The third-order valence-electron chi connectivity index (χ3n) is 8.07. The van der Waals surface area contributed by atoms with Gasteiger partial charge >= 0.3 is 0 Å². The largest absolute Gasteiger partial charge is 0.616 e. The average Bonchev–Trinajstić information content (AvgIpc) is 3.59. The number of rotatable bonds is 7. The minimum atomic E-state index is -1.28. The lowest BCUT2D eigenvalue weighted by molar-refractivity contribution is -0.123. The van der Waals surface area contributed by atoms with E-state index in [4.69, 9.17) is 24.0 Å². The fourth-order valence-electron chi connectivity index (χ4n) is 5.86. The summed E-state index contributed by atoms with van der Waals surface area (Å²) in [5.74, 6) is 2.81. The maximum atomic E-state index is 13.7. The molecular formula is C30H33N5O6S. The van der Waals surface area contributed by atoms with Crippen LogP contribution < -0.4 is 18.9 Å². The summed E-state index contributed by atoms with van der Waals surface area (Å²) in [5, 5.41) is 9.20. The van der Waals surface area contributed by atoms with E-state index in [1.807, 2.05) is 62.1 Å². The maximum Gasteiger partial charge on any atom is 0.210 e. The number of aryl methyl sites for hydroxylation is 1. The number of aromatic nitrogens is 4. The lowest BCUT2D eigenvalue weighted by atomic mass is 9.91. The molecule has 4 aromatic rings. The van der Waals surface area contributed by atoms with E-state index in [0.29, 0.717) is 46.7 Å². The van der Waals surface area contributed by atoms with E-state index in [1.165, 1.54) is 0 Å². The van der Waals surface area contributed by atoms with Crippen LogP contribution >= 0.6 is 0 Å². The lowest BCUT2D eigenvalue weighted by Gasteiger charge is -2.45. The van der Waals surface area contributed by atoms with Crippen molar-refractivity contribution in [2.75, 3.05) is 33.6 Å². The van der Waals surface area contributed by atoms with Crippen LogP contribution in [0.2, 0.25) is 0 Å². The van der Waals surface area contributed by atoms with Crippen LogP contribution in [0.15, 0.2) is 42.6 Å². The molecule has 220 valence electrons. The van der Waals surface area contributed by atoms with Gasteiger partial charge in [-0.05, 0) is 37.2 Å². The van der Waals surface area contributed by atoms with Gasteiger partial charge in [0.1, 0.15) is 41.1 Å². The van der Waals surface area contributed by atoms with Crippen molar-refractivity contribution in [3.05, 3.63) is 53.9 Å². The number of ether oxygens (including phenoxy) is 4. The van der Waals surface area contributed by atoms with E-state index >= 15 is 0 Å². The number of hydrogen-bond acceptors (Lipinski definition) is 8. The Morgan fingerprint density at radius 2 is 1.79 bits per heavy atom. The molecule has 0 radical (unpaired) electrons. The van der Waals surface area contributed by atoms with Crippen molar-refractivity contribution >= 4 is 17.6 Å². The molecule has 0 spiro atoms. The Hall–Kier alpha value is -4.16. The molecule has 0 N–H and O–H groups in total. The van der Waals surface area contributed by atoms with Gasteiger partial charge in [0.25, 0.3) is 0 Å². The van der Waals surface area contributed by atoms with Gasteiger partial charge < -0.3 is 28.4 Å². The highest BCUT2D eigenvalue weighted by Crippen LogP contribution is 2.50. The Morgan fingerprint density at radius 3 is 2.40 bits per heavy atom. The van der Waals surface area contributed by atoms with Crippen molar-refractivity contribution in [2.45, 2.75) is 31.2 Å². The van der Waals surface area contributed by atoms with Gasteiger partial charge in [-0.25, -0.2) is 4.68 Å². The number of methoxy groups -OCH3 is 3. The van der Waals surface area contributed by atoms with Crippen molar-refractivity contribution in [1.29, 1.82) is 0 Å². The smallest absolute Gasteiger partial charge is 0.210 e. The van der Waals surface area contributed by atoms with E-state index < -0.39 is 22.0 Å². The standard InChI is InChI=1S/C30H33N5O6S/c1-30(2)29(42(37)10-9-34(30)17-36)27-23-16-41-26-15-25(40-6)21(24-7-8-33(3)31-24)14-22(26)28(23)35(32-27)18-11-19(38-4)13-20(12-18)39-5/h7-8,11-15,17,29H,9-10,16H2,1-6H3.